The van der Waals surface area contributed by atoms with Crippen molar-refractivity contribution in [1.29, 1.82) is 0 Å². The molecule has 6 heteroatoms. The molecular weight excluding hydrogens is 293 g/mol. The number of halogens is 2. The highest BCUT2D eigenvalue weighted by atomic mass is 79.9. The van der Waals surface area contributed by atoms with Gasteiger partial charge in [0.1, 0.15) is 5.82 Å². The lowest BCUT2D eigenvalue weighted by molar-refractivity contribution is 0.161. The quantitative estimate of drug-likeness (QED) is 0.804. The standard InChI is InChI=1S/C10H13BrClN3O/c1-16-6-7-2-3-15(5-7)9-8(11)4-13-10(12)14-9/h4,7H,2-3,5-6H2,1H3. The van der Waals surface area contributed by atoms with Gasteiger partial charge in [-0.1, -0.05) is 0 Å². The van der Waals surface area contributed by atoms with Crippen molar-refractivity contribution in [3.63, 3.8) is 0 Å². The minimum Gasteiger partial charge on any atom is -0.384 e. The van der Waals surface area contributed by atoms with Crippen LogP contribution in [-0.2, 0) is 4.74 Å². The van der Waals surface area contributed by atoms with Gasteiger partial charge in [0.25, 0.3) is 0 Å². The molecule has 4 nitrogen and oxygen atoms in total. The summed E-state index contributed by atoms with van der Waals surface area (Å²) in [6.07, 6.45) is 2.82. The lowest BCUT2D eigenvalue weighted by Crippen LogP contribution is -2.22. The molecule has 2 rings (SSSR count). The first-order valence-corrected chi connectivity index (χ1v) is 6.29. The fourth-order valence-corrected chi connectivity index (χ4v) is 2.53. The molecule has 1 aromatic rings. The van der Waals surface area contributed by atoms with Crippen molar-refractivity contribution in [2.75, 3.05) is 31.7 Å². The van der Waals surface area contributed by atoms with Gasteiger partial charge in [0.15, 0.2) is 0 Å². The molecule has 1 saturated heterocycles. The fourth-order valence-electron chi connectivity index (χ4n) is 1.96. The summed E-state index contributed by atoms with van der Waals surface area (Å²) in [6.45, 7) is 2.74. The lowest BCUT2D eigenvalue weighted by Gasteiger charge is -2.18. The maximum absolute atomic E-state index is 5.80. The Labute approximate surface area is 108 Å². The van der Waals surface area contributed by atoms with E-state index in [-0.39, 0.29) is 5.28 Å². The third-order valence-corrected chi connectivity index (χ3v) is 3.43. The highest BCUT2D eigenvalue weighted by molar-refractivity contribution is 9.10. The van der Waals surface area contributed by atoms with Crippen LogP contribution in [-0.4, -0.2) is 36.8 Å². The predicted octanol–water partition coefficient (Wildman–Crippen LogP) is 2.37. The Bertz CT molecular complexity index is 377. The summed E-state index contributed by atoms with van der Waals surface area (Å²) in [5, 5.41) is 0.286. The second-order valence-corrected chi connectivity index (χ2v) is 5.06. The van der Waals surface area contributed by atoms with Crippen LogP contribution in [0.4, 0.5) is 5.82 Å². The number of hydrogen-bond donors (Lipinski definition) is 0. The molecule has 1 unspecified atom stereocenters. The van der Waals surface area contributed by atoms with Gasteiger partial charge in [0, 0.05) is 32.3 Å². The van der Waals surface area contributed by atoms with Crippen molar-refractivity contribution in [2.24, 2.45) is 5.92 Å². The molecule has 0 spiro atoms. The fraction of sp³-hybridized carbons (Fsp3) is 0.600. The number of hydrogen-bond acceptors (Lipinski definition) is 4. The van der Waals surface area contributed by atoms with Crippen LogP contribution in [0.2, 0.25) is 5.28 Å². The summed E-state index contributed by atoms with van der Waals surface area (Å²) in [7, 11) is 1.74. The van der Waals surface area contributed by atoms with E-state index in [0.29, 0.717) is 5.92 Å². The van der Waals surface area contributed by atoms with Gasteiger partial charge in [-0.25, -0.2) is 4.98 Å². The number of nitrogens with zero attached hydrogens (tertiary/aromatic N) is 3. The average molecular weight is 307 g/mol. The van der Waals surface area contributed by atoms with E-state index in [2.05, 4.69) is 30.8 Å². The maximum Gasteiger partial charge on any atom is 0.224 e. The second kappa shape index (κ2) is 5.29. The van der Waals surface area contributed by atoms with Gasteiger partial charge in [-0.15, -0.1) is 0 Å². The second-order valence-electron chi connectivity index (χ2n) is 3.87. The SMILES string of the molecule is COCC1CCN(c2nc(Cl)ncc2Br)C1. The highest BCUT2D eigenvalue weighted by Gasteiger charge is 2.25. The van der Waals surface area contributed by atoms with Crippen molar-refractivity contribution < 1.29 is 4.74 Å². The van der Waals surface area contributed by atoms with Crippen LogP contribution in [0.1, 0.15) is 6.42 Å². The van der Waals surface area contributed by atoms with Crippen molar-refractivity contribution in [1.82, 2.24) is 9.97 Å². The van der Waals surface area contributed by atoms with Crippen LogP contribution in [0.5, 0.6) is 0 Å². The minimum absolute atomic E-state index is 0.286. The summed E-state index contributed by atoms with van der Waals surface area (Å²) in [4.78, 5) is 10.4. The number of aromatic nitrogens is 2. The zero-order valence-electron chi connectivity index (χ0n) is 8.99. The first-order chi connectivity index (χ1) is 7.70. The van der Waals surface area contributed by atoms with Crippen LogP contribution < -0.4 is 4.90 Å². The Morgan fingerprint density at radius 3 is 3.25 bits per heavy atom. The Kier molecular flexibility index (Phi) is 4.00. The number of anilines is 1. The Balaban J connectivity index is 2.11. The van der Waals surface area contributed by atoms with Crippen LogP contribution in [0, 0.1) is 5.92 Å². The van der Waals surface area contributed by atoms with Gasteiger partial charge in [-0.2, -0.15) is 4.98 Å². The van der Waals surface area contributed by atoms with Gasteiger partial charge in [0.2, 0.25) is 5.28 Å². The summed E-state index contributed by atoms with van der Waals surface area (Å²) >= 11 is 9.24. The third-order valence-electron chi connectivity index (χ3n) is 2.68. The topological polar surface area (TPSA) is 38.2 Å². The Morgan fingerprint density at radius 2 is 2.50 bits per heavy atom. The molecule has 88 valence electrons. The number of methoxy groups -OCH3 is 1. The molecule has 1 aromatic heterocycles. The molecule has 1 fully saturated rings. The molecule has 0 amide bonds. The Morgan fingerprint density at radius 1 is 1.69 bits per heavy atom. The van der Waals surface area contributed by atoms with Crippen molar-refractivity contribution in [3.05, 3.63) is 16.0 Å². The zero-order chi connectivity index (χ0) is 11.5. The van der Waals surface area contributed by atoms with Crippen molar-refractivity contribution in [3.8, 4) is 0 Å². The number of ether oxygens (including phenoxy) is 1. The van der Waals surface area contributed by atoms with E-state index >= 15 is 0 Å². The molecule has 0 saturated carbocycles. The Hall–Kier alpha value is -0.390. The van der Waals surface area contributed by atoms with E-state index in [0.717, 1.165) is 36.4 Å². The van der Waals surface area contributed by atoms with E-state index in [4.69, 9.17) is 16.3 Å². The molecular formula is C10H13BrClN3O. The summed E-state index contributed by atoms with van der Waals surface area (Å²) in [5.41, 5.74) is 0. The van der Waals surface area contributed by atoms with Crippen molar-refractivity contribution >= 4 is 33.3 Å². The molecule has 0 aliphatic carbocycles. The highest BCUT2D eigenvalue weighted by Crippen LogP contribution is 2.29. The molecule has 0 aromatic carbocycles. The minimum atomic E-state index is 0.286. The predicted molar refractivity (Wildman–Crippen MR) is 66.9 cm³/mol. The largest absolute Gasteiger partial charge is 0.384 e. The van der Waals surface area contributed by atoms with E-state index in [1.54, 1.807) is 13.3 Å². The van der Waals surface area contributed by atoms with Gasteiger partial charge in [-0.05, 0) is 34.0 Å². The first kappa shape index (κ1) is 12.1. The van der Waals surface area contributed by atoms with E-state index in [9.17, 15) is 0 Å². The van der Waals surface area contributed by atoms with Crippen LogP contribution in [0.15, 0.2) is 10.7 Å². The summed E-state index contributed by atoms with van der Waals surface area (Å²) in [5.74, 6) is 1.45. The van der Waals surface area contributed by atoms with Crippen LogP contribution in [0.25, 0.3) is 0 Å². The smallest absolute Gasteiger partial charge is 0.224 e. The monoisotopic (exact) mass is 305 g/mol. The van der Waals surface area contributed by atoms with Gasteiger partial charge < -0.3 is 9.64 Å². The van der Waals surface area contributed by atoms with Crippen LogP contribution >= 0.6 is 27.5 Å². The number of rotatable bonds is 3. The normalized spacial score (nSPS) is 20.4. The third kappa shape index (κ3) is 2.64. The molecule has 1 atom stereocenters. The molecule has 1 aliphatic heterocycles. The lowest BCUT2D eigenvalue weighted by atomic mass is 10.1. The van der Waals surface area contributed by atoms with Crippen LogP contribution in [0.3, 0.4) is 0 Å². The first-order valence-electron chi connectivity index (χ1n) is 5.12. The van der Waals surface area contributed by atoms with Gasteiger partial charge in [0.05, 0.1) is 11.1 Å². The molecule has 1 aliphatic rings. The van der Waals surface area contributed by atoms with E-state index in [1.807, 2.05) is 0 Å². The maximum atomic E-state index is 5.80. The molecule has 0 radical (unpaired) electrons. The molecule has 0 bridgehead atoms. The van der Waals surface area contributed by atoms with Gasteiger partial charge in [-0.3, -0.25) is 0 Å². The summed E-state index contributed by atoms with van der Waals surface area (Å²) in [6, 6.07) is 0. The molecule has 0 N–H and O–H groups in total. The van der Waals surface area contributed by atoms with E-state index in [1.165, 1.54) is 0 Å². The van der Waals surface area contributed by atoms with Gasteiger partial charge >= 0.3 is 0 Å². The van der Waals surface area contributed by atoms with Crippen molar-refractivity contribution in [2.45, 2.75) is 6.42 Å². The average Bonchev–Trinajstić information content (AvgIpc) is 2.71. The molecule has 16 heavy (non-hydrogen) atoms. The van der Waals surface area contributed by atoms with E-state index < -0.39 is 0 Å². The molecule has 2 heterocycles. The zero-order valence-corrected chi connectivity index (χ0v) is 11.3. The summed E-state index contributed by atoms with van der Waals surface area (Å²) < 4.78 is 6.05.